The molecule has 1 aromatic carbocycles. The molecule has 3 rings (SSSR count). The number of aromatic nitrogens is 1. The number of nitrogens with zero attached hydrogens (tertiary/aromatic N) is 2. The van der Waals surface area contributed by atoms with Gasteiger partial charge < -0.3 is 10.1 Å². The van der Waals surface area contributed by atoms with Crippen LogP contribution in [0.1, 0.15) is 39.1 Å². The maximum Gasteiger partial charge on any atom is 0.416 e. The van der Waals surface area contributed by atoms with Gasteiger partial charge in [0, 0.05) is 30.6 Å². The summed E-state index contributed by atoms with van der Waals surface area (Å²) in [7, 11) is 0. The van der Waals surface area contributed by atoms with Crippen molar-refractivity contribution in [3.8, 4) is 0 Å². The molecular weight excluding hydrogens is 361 g/mol. The molecule has 1 aromatic heterocycles. The normalized spacial score (nSPS) is 17.6. The van der Waals surface area contributed by atoms with Crippen LogP contribution in [0.2, 0.25) is 0 Å². The minimum absolute atomic E-state index is 0.173. The molecule has 2 aromatic rings. The van der Waals surface area contributed by atoms with E-state index in [1.807, 2.05) is 0 Å². The number of carbonyl (C=O) groups is 2. The van der Waals surface area contributed by atoms with Gasteiger partial charge in [-0.2, -0.15) is 17.9 Å². The molecule has 1 atom stereocenters. The van der Waals surface area contributed by atoms with Gasteiger partial charge in [-0.3, -0.25) is 9.59 Å². The summed E-state index contributed by atoms with van der Waals surface area (Å²) in [5.41, 5.74) is -0.385. The van der Waals surface area contributed by atoms with Crippen LogP contribution in [-0.2, 0) is 6.18 Å². The van der Waals surface area contributed by atoms with Gasteiger partial charge in [0.15, 0.2) is 18.2 Å². The van der Waals surface area contributed by atoms with Gasteiger partial charge in [-0.05, 0) is 31.0 Å². The van der Waals surface area contributed by atoms with E-state index >= 15 is 0 Å². The lowest BCUT2D eigenvalue weighted by Gasteiger charge is -2.32. The molecule has 27 heavy (non-hydrogen) atoms. The van der Waals surface area contributed by atoms with Crippen LogP contribution in [0.25, 0.3) is 0 Å². The fraction of sp³-hybridized carbons (Fsp3) is 0.316. The number of Topliss-reactive ketones (excluding diaryl/α,β-unsaturated/α-hetero) is 1. The summed E-state index contributed by atoms with van der Waals surface area (Å²) in [5, 5.41) is 11.3. The second kappa shape index (κ2) is 7.38. The van der Waals surface area contributed by atoms with E-state index in [-0.39, 0.29) is 29.4 Å². The fourth-order valence-electron chi connectivity index (χ4n) is 3.20. The summed E-state index contributed by atoms with van der Waals surface area (Å²) < 4.78 is 38.5. The van der Waals surface area contributed by atoms with Crippen molar-refractivity contribution in [2.75, 3.05) is 13.1 Å². The molecule has 1 aliphatic heterocycles. The van der Waals surface area contributed by atoms with Crippen molar-refractivity contribution in [1.82, 2.24) is 4.90 Å². The maximum absolute atomic E-state index is 12.7. The molecule has 8 heteroatoms. The number of hydrogen-bond donors (Lipinski definition) is 0. The minimum atomic E-state index is -4.45. The number of halogens is 3. The summed E-state index contributed by atoms with van der Waals surface area (Å²) >= 11 is 0. The molecule has 0 N–H and O–H groups in total. The monoisotopic (exact) mass is 378 g/mol. The number of hydrogen-bond acceptors (Lipinski definition) is 3. The first kappa shape index (κ1) is 18.9. The highest BCUT2D eigenvalue weighted by Gasteiger charge is 2.32. The summed E-state index contributed by atoms with van der Waals surface area (Å²) in [6, 6.07) is 7.10. The summed E-state index contributed by atoms with van der Waals surface area (Å²) in [5.74, 6) is -1.11. The van der Waals surface area contributed by atoms with Gasteiger partial charge in [-0.15, -0.1) is 0 Å². The van der Waals surface area contributed by atoms with Gasteiger partial charge in [0.1, 0.15) is 5.56 Å². The second-order valence-electron chi connectivity index (χ2n) is 6.48. The van der Waals surface area contributed by atoms with Crippen molar-refractivity contribution in [3.63, 3.8) is 0 Å². The van der Waals surface area contributed by atoms with E-state index in [4.69, 9.17) is 0 Å². The highest BCUT2D eigenvalue weighted by atomic mass is 19.4. The number of pyridine rings is 1. The van der Waals surface area contributed by atoms with E-state index in [9.17, 15) is 28.0 Å². The first-order valence-corrected chi connectivity index (χ1v) is 8.45. The van der Waals surface area contributed by atoms with Crippen LogP contribution in [0.4, 0.5) is 13.2 Å². The molecule has 0 bridgehead atoms. The van der Waals surface area contributed by atoms with E-state index in [1.165, 1.54) is 41.6 Å². The third-order valence-corrected chi connectivity index (χ3v) is 4.60. The lowest BCUT2D eigenvalue weighted by molar-refractivity contribution is -0.605. The van der Waals surface area contributed by atoms with Crippen LogP contribution >= 0.6 is 0 Å². The van der Waals surface area contributed by atoms with Crippen molar-refractivity contribution < 1.29 is 27.5 Å². The topological polar surface area (TPSA) is 64.3 Å². The van der Waals surface area contributed by atoms with Gasteiger partial charge in [-0.1, -0.05) is 12.1 Å². The molecule has 1 fully saturated rings. The molecule has 142 valence electrons. The molecule has 2 heterocycles. The minimum Gasteiger partial charge on any atom is -0.619 e. The largest absolute Gasteiger partial charge is 0.619 e. The Morgan fingerprint density at radius 2 is 1.81 bits per heavy atom. The Kier molecular flexibility index (Phi) is 5.16. The fourth-order valence-corrected chi connectivity index (χ4v) is 3.20. The first-order chi connectivity index (χ1) is 12.8. The van der Waals surface area contributed by atoms with Crippen molar-refractivity contribution in [1.29, 1.82) is 0 Å². The van der Waals surface area contributed by atoms with Crippen molar-refractivity contribution in [3.05, 3.63) is 70.7 Å². The third-order valence-electron chi connectivity index (χ3n) is 4.60. The third kappa shape index (κ3) is 4.27. The van der Waals surface area contributed by atoms with Crippen molar-refractivity contribution in [2.24, 2.45) is 5.92 Å². The maximum atomic E-state index is 12.7. The Morgan fingerprint density at radius 1 is 1.11 bits per heavy atom. The Labute approximate surface area is 153 Å². The van der Waals surface area contributed by atoms with E-state index < -0.39 is 17.7 Å². The molecule has 1 saturated heterocycles. The summed E-state index contributed by atoms with van der Waals surface area (Å²) in [4.78, 5) is 26.7. The number of likely N-dealkylation sites (tertiary alicyclic amines) is 1. The van der Waals surface area contributed by atoms with Gasteiger partial charge >= 0.3 is 6.18 Å². The molecule has 5 nitrogen and oxygen atoms in total. The molecule has 1 aliphatic rings. The number of benzene rings is 1. The number of piperidine rings is 1. The zero-order chi connectivity index (χ0) is 19.6. The Hall–Kier alpha value is -2.90. The van der Waals surface area contributed by atoms with E-state index in [1.54, 1.807) is 0 Å². The zero-order valence-electron chi connectivity index (χ0n) is 14.3. The van der Waals surface area contributed by atoms with E-state index in [0.29, 0.717) is 24.1 Å². The molecule has 0 saturated carbocycles. The van der Waals surface area contributed by atoms with Crippen LogP contribution in [-0.4, -0.2) is 29.7 Å². The smallest absolute Gasteiger partial charge is 0.416 e. The molecule has 0 aliphatic carbocycles. The van der Waals surface area contributed by atoms with E-state index in [2.05, 4.69) is 0 Å². The van der Waals surface area contributed by atoms with Crippen LogP contribution in [0.5, 0.6) is 0 Å². The Balaban J connectivity index is 1.72. The predicted octanol–water partition coefficient (Wildman–Crippen LogP) is 3.07. The molecule has 0 spiro atoms. The van der Waals surface area contributed by atoms with Gasteiger partial charge in [0.25, 0.3) is 5.91 Å². The average Bonchev–Trinajstić information content (AvgIpc) is 2.66. The van der Waals surface area contributed by atoms with Crippen molar-refractivity contribution >= 4 is 11.7 Å². The number of alkyl halides is 3. The highest BCUT2D eigenvalue weighted by Crippen LogP contribution is 2.30. The van der Waals surface area contributed by atoms with Crippen LogP contribution in [0.15, 0.2) is 48.8 Å². The predicted molar refractivity (Wildman–Crippen MR) is 89.8 cm³/mol. The SMILES string of the molecule is O=C(c1ccc(C(F)(F)F)cc1)[C@@H]1CCCN(C(=O)c2ccc[n+]([O-])c2)C1. The Morgan fingerprint density at radius 3 is 2.44 bits per heavy atom. The Bertz CT molecular complexity index is 850. The molecule has 1 amide bonds. The van der Waals surface area contributed by atoms with Crippen LogP contribution < -0.4 is 4.73 Å². The zero-order valence-corrected chi connectivity index (χ0v) is 14.3. The highest BCUT2D eigenvalue weighted by molar-refractivity contribution is 5.99. The summed E-state index contributed by atoms with van der Waals surface area (Å²) in [6.07, 6.45) is -0.857. The van der Waals surface area contributed by atoms with Crippen molar-refractivity contribution in [2.45, 2.75) is 19.0 Å². The number of ketones is 1. The van der Waals surface area contributed by atoms with Gasteiger partial charge in [-0.25, -0.2) is 0 Å². The standard InChI is InChI=1S/C19H17F3N2O3/c20-19(21,22)16-7-5-13(6-8-16)17(25)14-3-1-9-23(11-14)18(26)15-4-2-10-24(27)12-15/h2,4-8,10,12,14H,1,3,9,11H2/t14-/m1/s1. The second-order valence-corrected chi connectivity index (χ2v) is 6.48. The number of carbonyl (C=O) groups excluding carboxylic acids is 2. The summed E-state index contributed by atoms with van der Waals surface area (Å²) in [6.45, 7) is 0.635. The van der Waals surface area contributed by atoms with Gasteiger partial charge in [0.05, 0.1) is 5.56 Å². The lowest BCUT2D eigenvalue weighted by atomic mass is 9.89. The van der Waals surface area contributed by atoms with Gasteiger partial charge in [0.2, 0.25) is 0 Å². The molecular formula is C19H17F3N2O3. The van der Waals surface area contributed by atoms with Crippen LogP contribution in [0, 0.1) is 11.1 Å². The van der Waals surface area contributed by atoms with Crippen LogP contribution in [0.3, 0.4) is 0 Å². The molecule has 0 unspecified atom stereocenters. The number of amides is 1. The lowest BCUT2D eigenvalue weighted by Crippen LogP contribution is -2.43. The quantitative estimate of drug-likeness (QED) is 0.468. The molecule has 0 radical (unpaired) electrons. The first-order valence-electron chi connectivity index (χ1n) is 8.45. The number of rotatable bonds is 3. The van der Waals surface area contributed by atoms with E-state index in [0.717, 1.165) is 12.1 Å². The average molecular weight is 378 g/mol.